The van der Waals surface area contributed by atoms with Crippen LogP contribution in [0.2, 0.25) is 0 Å². The van der Waals surface area contributed by atoms with E-state index in [4.69, 9.17) is 15.2 Å². The third-order valence-corrected chi connectivity index (χ3v) is 3.33. The van der Waals surface area contributed by atoms with Gasteiger partial charge in [0.1, 0.15) is 0 Å². The molecule has 0 amide bonds. The van der Waals surface area contributed by atoms with Gasteiger partial charge in [-0.2, -0.15) is 0 Å². The first-order chi connectivity index (χ1) is 9.72. The molecule has 0 bridgehead atoms. The Labute approximate surface area is 125 Å². The van der Waals surface area contributed by atoms with Crippen LogP contribution in [0, 0.1) is 0 Å². The van der Waals surface area contributed by atoms with Gasteiger partial charge in [-0.05, 0) is 34.1 Å². The van der Waals surface area contributed by atoms with Crippen LogP contribution in [0.4, 0.5) is 17.2 Å². The zero-order chi connectivity index (χ0) is 13.9. The maximum absolute atomic E-state index is 5.92. The van der Waals surface area contributed by atoms with E-state index >= 15 is 0 Å². The predicted octanol–water partition coefficient (Wildman–Crippen LogP) is 3.33. The number of pyridine rings is 1. The third-order valence-electron chi connectivity index (χ3n) is 2.89. The van der Waals surface area contributed by atoms with E-state index in [2.05, 4.69) is 26.2 Å². The summed E-state index contributed by atoms with van der Waals surface area (Å²) in [6.07, 6.45) is 2.58. The normalized spacial score (nSPS) is 13.7. The number of nitrogens with zero attached hydrogens (tertiary/aromatic N) is 1. The molecule has 0 spiro atoms. The number of anilines is 3. The van der Waals surface area contributed by atoms with Crippen molar-refractivity contribution in [1.29, 1.82) is 0 Å². The molecule has 0 atom stereocenters. The number of fused-ring (bicyclic) bond motifs is 1. The molecule has 20 heavy (non-hydrogen) atoms. The van der Waals surface area contributed by atoms with Crippen LogP contribution in [0.5, 0.6) is 11.5 Å². The Bertz CT molecular complexity index is 634. The lowest BCUT2D eigenvalue weighted by molar-refractivity contribution is 0.297. The highest BCUT2D eigenvalue weighted by atomic mass is 79.9. The molecule has 6 heteroatoms. The van der Waals surface area contributed by atoms with Crippen LogP contribution in [0.3, 0.4) is 0 Å². The Morgan fingerprint density at radius 3 is 2.75 bits per heavy atom. The van der Waals surface area contributed by atoms with E-state index in [1.165, 1.54) is 0 Å². The van der Waals surface area contributed by atoms with E-state index in [0.29, 0.717) is 24.7 Å². The number of halogens is 1. The van der Waals surface area contributed by atoms with Crippen LogP contribution in [0.15, 0.2) is 34.9 Å². The second-order valence-electron chi connectivity index (χ2n) is 4.43. The summed E-state index contributed by atoms with van der Waals surface area (Å²) in [6.45, 7) is 1.34. The van der Waals surface area contributed by atoms with Crippen molar-refractivity contribution in [3.8, 4) is 11.5 Å². The second kappa shape index (κ2) is 5.58. The molecule has 3 N–H and O–H groups in total. The van der Waals surface area contributed by atoms with Gasteiger partial charge in [-0.1, -0.05) is 0 Å². The van der Waals surface area contributed by atoms with Gasteiger partial charge < -0.3 is 20.5 Å². The van der Waals surface area contributed by atoms with Gasteiger partial charge in [0.2, 0.25) is 0 Å². The van der Waals surface area contributed by atoms with Gasteiger partial charge in [-0.15, -0.1) is 0 Å². The molecular weight excluding hydrogens is 322 g/mol. The van der Waals surface area contributed by atoms with E-state index in [1.807, 2.05) is 18.2 Å². The molecule has 1 aliphatic heterocycles. The number of aromatic nitrogens is 1. The Morgan fingerprint density at radius 1 is 1.15 bits per heavy atom. The van der Waals surface area contributed by atoms with Crippen LogP contribution in [0.25, 0.3) is 0 Å². The highest BCUT2D eigenvalue weighted by Crippen LogP contribution is 2.33. The van der Waals surface area contributed by atoms with Gasteiger partial charge in [0.05, 0.1) is 18.9 Å². The van der Waals surface area contributed by atoms with Crippen LogP contribution >= 0.6 is 15.9 Å². The number of hydrogen-bond acceptors (Lipinski definition) is 5. The standard InChI is InChI=1S/C14H14BrN3O2/c15-9-6-11(16)14(17-8-9)18-10-2-3-12-13(7-10)20-5-1-4-19-12/h2-3,6-8H,1,4-5,16H2,(H,17,18). The fraction of sp³-hybridized carbons (Fsp3) is 0.214. The maximum Gasteiger partial charge on any atom is 0.163 e. The first kappa shape index (κ1) is 13.1. The first-order valence-electron chi connectivity index (χ1n) is 6.30. The van der Waals surface area contributed by atoms with E-state index < -0.39 is 0 Å². The molecule has 3 rings (SSSR count). The molecule has 0 fully saturated rings. The number of rotatable bonds is 2. The molecule has 1 aromatic carbocycles. The predicted molar refractivity (Wildman–Crippen MR) is 81.7 cm³/mol. The summed E-state index contributed by atoms with van der Waals surface area (Å²) in [5, 5.41) is 3.18. The average Bonchev–Trinajstić information content (AvgIpc) is 2.66. The molecule has 0 saturated carbocycles. The molecule has 5 nitrogen and oxygen atoms in total. The summed E-state index contributed by atoms with van der Waals surface area (Å²) >= 11 is 3.33. The van der Waals surface area contributed by atoms with E-state index in [0.717, 1.165) is 28.1 Å². The van der Waals surface area contributed by atoms with Gasteiger partial charge in [0.25, 0.3) is 0 Å². The summed E-state index contributed by atoms with van der Waals surface area (Å²) in [5.74, 6) is 2.12. The second-order valence-corrected chi connectivity index (χ2v) is 5.34. The Kier molecular flexibility index (Phi) is 3.64. The molecule has 2 heterocycles. The lowest BCUT2D eigenvalue weighted by Crippen LogP contribution is -2.00. The maximum atomic E-state index is 5.92. The largest absolute Gasteiger partial charge is 0.490 e. The first-order valence-corrected chi connectivity index (χ1v) is 7.09. The van der Waals surface area contributed by atoms with Crippen LogP contribution in [-0.4, -0.2) is 18.2 Å². The lowest BCUT2D eigenvalue weighted by atomic mass is 10.2. The van der Waals surface area contributed by atoms with Crippen molar-refractivity contribution < 1.29 is 9.47 Å². The van der Waals surface area contributed by atoms with Crippen LogP contribution in [0.1, 0.15) is 6.42 Å². The minimum absolute atomic E-state index is 0.575. The average molecular weight is 336 g/mol. The minimum Gasteiger partial charge on any atom is -0.490 e. The monoisotopic (exact) mass is 335 g/mol. The molecule has 0 radical (unpaired) electrons. The molecule has 0 saturated heterocycles. The number of nitrogens with one attached hydrogen (secondary N) is 1. The smallest absolute Gasteiger partial charge is 0.163 e. The fourth-order valence-electron chi connectivity index (χ4n) is 1.94. The van der Waals surface area contributed by atoms with Gasteiger partial charge >= 0.3 is 0 Å². The van der Waals surface area contributed by atoms with Crippen molar-refractivity contribution >= 4 is 33.1 Å². The van der Waals surface area contributed by atoms with Crippen LogP contribution in [-0.2, 0) is 0 Å². The topological polar surface area (TPSA) is 69.4 Å². The summed E-state index contributed by atoms with van der Waals surface area (Å²) in [5.41, 5.74) is 7.35. The SMILES string of the molecule is Nc1cc(Br)cnc1Nc1ccc2c(c1)OCCCO2. The van der Waals surface area contributed by atoms with E-state index in [1.54, 1.807) is 12.3 Å². The van der Waals surface area contributed by atoms with Crippen molar-refractivity contribution in [2.24, 2.45) is 0 Å². The molecule has 0 aliphatic carbocycles. The number of nitrogen functional groups attached to an aromatic ring is 1. The summed E-state index contributed by atoms with van der Waals surface area (Å²) in [7, 11) is 0. The summed E-state index contributed by atoms with van der Waals surface area (Å²) < 4.78 is 12.1. The minimum atomic E-state index is 0.575. The zero-order valence-corrected chi connectivity index (χ0v) is 12.3. The fourth-order valence-corrected chi connectivity index (χ4v) is 2.29. The van der Waals surface area contributed by atoms with Crippen LogP contribution < -0.4 is 20.5 Å². The van der Waals surface area contributed by atoms with E-state index in [-0.39, 0.29) is 0 Å². The third kappa shape index (κ3) is 2.80. The lowest BCUT2D eigenvalue weighted by Gasteiger charge is -2.12. The number of ether oxygens (including phenoxy) is 2. The zero-order valence-electron chi connectivity index (χ0n) is 10.7. The Morgan fingerprint density at radius 2 is 1.95 bits per heavy atom. The van der Waals surface area contributed by atoms with Crippen molar-refractivity contribution in [2.75, 3.05) is 24.3 Å². The molecule has 0 unspecified atom stereocenters. The number of hydrogen-bond donors (Lipinski definition) is 2. The van der Waals surface area contributed by atoms with Gasteiger partial charge in [0, 0.05) is 28.8 Å². The van der Waals surface area contributed by atoms with E-state index in [9.17, 15) is 0 Å². The van der Waals surface area contributed by atoms with Crippen molar-refractivity contribution in [2.45, 2.75) is 6.42 Å². The Balaban J connectivity index is 1.86. The Hall–Kier alpha value is -1.95. The summed E-state index contributed by atoms with van der Waals surface area (Å²) in [4.78, 5) is 4.25. The van der Waals surface area contributed by atoms with Crippen molar-refractivity contribution in [3.63, 3.8) is 0 Å². The number of benzene rings is 1. The van der Waals surface area contributed by atoms with Crippen molar-refractivity contribution in [1.82, 2.24) is 4.98 Å². The quantitative estimate of drug-likeness (QED) is 0.880. The highest BCUT2D eigenvalue weighted by Gasteiger charge is 2.11. The number of nitrogens with two attached hydrogens (primary N) is 1. The van der Waals surface area contributed by atoms with Gasteiger partial charge in [0.15, 0.2) is 17.3 Å². The summed E-state index contributed by atoms with van der Waals surface area (Å²) in [6, 6.07) is 7.50. The van der Waals surface area contributed by atoms with Crippen molar-refractivity contribution in [3.05, 3.63) is 34.9 Å². The molecule has 2 aromatic rings. The molecule has 104 valence electrons. The molecular formula is C14H14BrN3O2. The van der Waals surface area contributed by atoms with Gasteiger partial charge in [-0.25, -0.2) is 4.98 Å². The highest BCUT2D eigenvalue weighted by molar-refractivity contribution is 9.10. The molecule has 1 aromatic heterocycles. The van der Waals surface area contributed by atoms with Gasteiger partial charge in [-0.3, -0.25) is 0 Å². The molecule has 1 aliphatic rings.